The number of hydrogen-bond donors (Lipinski definition) is 1. The Morgan fingerprint density at radius 2 is 2.26 bits per heavy atom. The van der Waals surface area contributed by atoms with E-state index in [1.165, 1.54) is 12.2 Å². The van der Waals surface area contributed by atoms with Gasteiger partial charge in [-0.3, -0.25) is 14.7 Å². The Morgan fingerprint density at radius 3 is 3.04 bits per heavy atom. The molecule has 5 nitrogen and oxygen atoms in total. The van der Waals surface area contributed by atoms with E-state index in [2.05, 4.69) is 33.4 Å². The Kier molecular flexibility index (Phi) is 7.56. The summed E-state index contributed by atoms with van der Waals surface area (Å²) in [4.78, 5) is 22.7. The summed E-state index contributed by atoms with van der Waals surface area (Å²) in [5, 5.41) is 3.27. The monoisotopic (exact) mass is 390 g/mol. The average Bonchev–Trinajstić information content (AvgIpc) is 2.69. The molecular formula is C21H34N4OS. The van der Waals surface area contributed by atoms with Crippen molar-refractivity contribution in [3.05, 3.63) is 30.1 Å². The van der Waals surface area contributed by atoms with E-state index in [0.29, 0.717) is 12.6 Å². The molecule has 0 bridgehead atoms. The fraction of sp³-hybridized carbons (Fsp3) is 0.714. The molecule has 1 amide bonds. The van der Waals surface area contributed by atoms with Crippen molar-refractivity contribution in [1.82, 2.24) is 20.1 Å². The molecule has 27 heavy (non-hydrogen) atoms. The number of nitrogens with zero attached hydrogens (tertiary/aromatic N) is 3. The highest BCUT2D eigenvalue weighted by Gasteiger charge is 2.51. The lowest BCUT2D eigenvalue weighted by atomic mass is 9.67. The average molecular weight is 391 g/mol. The van der Waals surface area contributed by atoms with Gasteiger partial charge in [0.25, 0.3) is 0 Å². The summed E-state index contributed by atoms with van der Waals surface area (Å²) in [6.07, 6.45) is 9.12. The lowest BCUT2D eigenvalue weighted by Gasteiger charge is -2.53. The first-order chi connectivity index (χ1) is 13.2. The zero-order chi connectivity index (χ0) is 19.1. The first-order valence-electron chi connectivity index (χ1n) is 10.3. The molecule has 0 saturated carbocycles. The molecule has 3 heterocycles. The summed E-state index contributed by atoms with van der Waals surface area (Å²) in [5.41, 5.74) is 0.825. The molecule has 2 atom stereocenters. The quantitative estimate of drug-likeness (QED) is 0.690. The minimum atomic E-state index is -0.214. The number of piperidine rings is 2. The molecule has 2 aliphatic rings. The van der Waals surface area contributed by atoms with Crippen LogP contribution in [0.25, 0.3) is 0 Å². The van der Waals surface area contributed by atoms with Crippen LogP contribution in [0.4, 0.5) is 0 Å². The van der Waals surface area contributed by atoms with Crippen molar-refractivity contribution in [3.8, 4) is 0 Å². The van der Waals surface area contributed by atoms with Gasteiger partial charge < -0.3 is 10.2 Å². The number of amides is 1. The van der Waals surface area contributed by atoms with Crippen molar-refractivity contribution in [2.24, 2.45) is 5.41 Å². The molecule has 1 aromatic rings. The SMILES string of the molecule is CSCCCN1CCC[C@@]2(C(=O)NCCc3ccccn3)CCN(C)C[C@H]12. The van der Waals surface area contributed by atoms with Crippen LogP contribution >= 0.6 is 11.8 Å². The number of carbonyl (C=O) groups excluding carboxylic acids is 1. The van der Waals surface area contributed by atoms with Gasteiger partial charge in [0.2, 0.25) is 5.91 Å². The maximum Gasteiger partial charge on any atom is 0.227 e. The molecule has 0 aliphatic carbocycles. The van der Waals surface area contributed by atoms with Crippen molar-refractivity contribution in [1.29, 1.82) is 0 Å². The summed E-state index contributed by atoms with van der Waals surface area (Å²) in [5.74, 6) is 1.47. The molecule has 1 aromatic heterocycles. The van der Waals surface area contributed by atoms with E-state index < -0.39 is 0 Å². The topological polar surface area (TPSA) is 48.5 Å². The van der Waals surface area contributed by atoms with E-state index >= 15 is 0 Å². The number of likely N-dealkylation sites (N-methyl/N-ethyl adjacent to an activating group) is 1. The number of rotatable bonds is 8. The van der Waals surface area contributed by atoms with E-state index in [1.807, 2.05) is 36.2 Å². The van der Waals surface area contributed by atoms with E-state index in [1.54, 1.807) is 0 Å². The normalized spacial score (nSPS) is 26.5. The first kappa shape index (κ1) is 20.6. The molecule has 6 heteroatoms. The molecular weight excluding hydrogens is 356 g/mol. The van der Waals surface area contributed by atoms with Crippen LogP contribution in [0.1, 0.15) is 31.4 Å². The molecule has 0 spiro atoms. The Labute approximate surface area is 168 Å². The Hall–Kier alpha value is -1.11. The second-order valence-electron chi connectivity index (χ2n) is 8.00. The van der Waals surface area contributed by atoms with Gasteiger partial charge in [-0.05, 0) is 76.5 Å². The minimum absolute atomic E-state index is 0.214. The van der Waals surface area contributed by atoms with Gasteiger partial charge in [-0.25, -0.2) is 0 Å². The van der Waals surface area contributed by atoms with Crippen molar-refractivity contribution >= 4 is 17.7 Å². The summed E-state index contributed by atoms with van der Waals surface area (Å²) in [6, 6.07) is 6.31. The zero-order valence-corrected chi connectivity index (χ0v) is 17.6. The van der Waals surface area contributed by atoms with Crippen LogP contribution in [0.2, 0.25) is 0 Å². The fourth-order valence-corrected chi connectivity index (χ4v) is 5.13. The predicted molar refractivity (Wildman–Crippen MR) is 113 cm³/mol. The summed E-state index contributed by atoms with van der Waals surface area (Å²) >= 11 is 1.91. The van der Waals surface area contributed by atoms with Crippen LogP contribution in [0, 0.1) is 5.41 Å². The summed E-state index contributed by atoms with van der Waals surface area (Å²) in [7, 11) is 2.19. The van der Waals surface area contributed by atoms with Crippen LogP contribution in [0.5, 0.6) is 0 Å². The minimum Gasteiger partial charge on any atom is -0.355 e. The van der Waals surface area contributed by atoms with Crippen molar-refractivity contribution < 1.29 is 4.79 Å². The van der Waals surface area contributed by atoms with Gasteiger partial charge in [-0.1, -0.05) is 6.07 Å². The molecule has 0 unspecified atom stereocenters. The van der Waals surface area contributed by atoms with Crippen LogP contribution in [-0.2, 0) is 11.2 Å². The summed E-state index contributed by atoms with van der Waals surface area (Å²) < 4.78 is 0. The molecule has 2 fully saturated rings. The van der Waals surface area contributed by atoms with E-state index in [0.717, 1.165) is 57.6 Å². The fourth-order valence-electron chi connectivity index (χ4n) is 4.71. The highest BCUT2D eigenvalue weighted by atomic mass is 32.2. The molecule has 0 aromatic carbocycles. The second kappa shape index (κ2) is 9.89. The second-order valence-corrected chi connectivity index (χ2v) is 8.98. The van der Waals surface area contributed by atoms with E-state index in [4.69, 9.17) is 0 Å². The van der Waals surface area contributed by atoms with Gasteiger partial charge >= 0.3 is 0 Å². The smallest absolute Gasteiger partial charge is 0.227 e. The maximum atomic E-state index is 13.3. The van der Waals surface area contributed by atoms with Gasteiger partial charge in [0.05, 0.1) is 5.41 Å². The van der Waals surface area contributed by atoms with Crippen molar-refractivity contribution in [2.75, 3.05) is 51.8 Å². The lowest BCUT2D eigenvalue weighted by molar-refractivity contribution is -0.144. The lowest BCUT2D eigenvalue weighted by Crippen LogP contribution is -2.65. The van der Waals surface area contributed by atoms with Crippen LogP contribution < -0.4 is 5.32 Å². The number of hydrogen-bond acceptors (Lipinski definition) is 5. The Morgan fingerprint density at radius 1 is 1.37 bits per heavy atom. The standard InChI is InChI=1S/C21H34N4OS/c1-24-15-10-21(20(26)23-12-8-18-7-3-4-11-22-18)9-5-13-25(19(21)17-24)14-6-16-27-2/h3-4,7,11,19H,5-6,8-10,12-17H2,1-2H3,(H,23,26)/t19-,21+/m0/s1. The number of fused-ring (bicyclic) bond motifs is 1. The number of carbonyl (C=O) groups is 1. The number of nitrogens with one attached hydrogen (secondary N) is 1. The first-order valence-corrected chi connectivity index (χ1v) is 11.6. The number of aromatic nitrogens is 1. The van der Waals surface area contributed by atoms with E-state index in [9.17, 15) is 4.79 Å². The third kappa shape index (κ3) is 5.04. The number of pyridine rings is 1. The number of thioether (sulfide) groups is 1. The molecule has 0 radical (unpaired) electrons. The third-order valence-corrected chi connectivity index (χ3v) is 6.91. The predicted octanol–water partition coefficient (Wildman–Crippen LogP) is 2.28. The highest BCUT2D eigenvalue weighted by molar-refractivity contribution is 7.98. The molecule has 2 saturated heterocycles. The van der Waals surface area contributed by atoms with Crippen molar-refractivity contribution in [2.45, 2.75) is 38.1 Å². The summed E-state index contributed by atoms with van der Waals surface area (Å²) in [6.45, 7) is 4.94. The van der Waals surface area contributed by atoms with Gasteiger partial charge in [-0.2, -0.15) is 11.8 Å². The number of likely N-dealkylation sites (tertiary alicyclic amines) is 2. The van der Waals surface area contributed by atoms with Crippen molar-refractivity contribution in [3.63, 3.8) is 0 Å². The Bertz CT molecular complexity index is 599. The van der Waals surface area contributed by atoms with Crippen LogP contribution in [0.3, 0.4) is 0 Å². The van der Waals surface area contributed by atoms with Gasteiger partial charge in [0, 0.05) is 37.4 Å². The highest BCUT2D eigenvalue weighted by Crippen LogP contribution is 2.42. The van der Waals surface area contributed by atoms with Gasteiger partial charge in [0.1, 0.15) is 0 Å². The Balaban J connectivity index is 1.64. The molecule has 3 rings (SSSR count). The maximum absolute atomic E-state index is 13.3. The van der Waals surface area contributed by atoms with Crippen LogP contribution in [0.15, 0.2) is 24.4 Å². The molecule has 2 aliphatic heterocycles. The van der Waals surface area contributed by atoms with Crippen LogP contribution in [-0.4, -0.2) is 78.5 Å². The van der Waals surface area contributed by atoms with E-state index in [-0.39, 0.29) is 11.3 Å². The van der Waals surface area contributed by atoms with Gasteiger partial charge in [-0.15, -0.1) is 0 Å². The zero-order valence-electron chi connectivity index (χ0n) is 16.8. The molecule has 1 N–H and O–H groups in total. The third-order valence-electron chi connectivity index (χ3n) is 6.21. The largest absolute Gasteiger partial charge is 0.355 e. The van der Waals surface area contributed by atoms with Gasteiger partial charge in [0.15, 0.2) is 0 Å². The molecule has 150 valence electrons.